The van der Waals surface area contributed by atoms with Crippen molar-refractivity contribution >= 4 is 57.9 Å². The lowest BCUT2D eigenvalue weighted by Crippen LogP contribution is -2.18. The minimum atomic E-state index is -0.0751. The molecule has 1 amide bonds. The molecule has 0 saturated carbocycles. The van der Waals surface area contributed by atoms with E-state index in [0.717, 1.165) is 19.3 Å². The Morgan fingerprint density at radius 3 is 2.59 bits per heavy atom. The van der Waals surface area contributed by atoms with Crippen molar-refractivity contribution in [2.45, 2.75) is 29.1 Å². The maximum absolute atomic E-state index is 12.2. The van der Waals surface area contributed by atoms with Crippen molar-refractivity contribution in [2.75, 3.05) is 11.5 Å². The van der Waals surface area contributed by atoms with E-state index >= 15 is 0 Å². The Morgan fingerprint density at radius 2 is 1.91 bits per heavy atom. The Bertz CT molecular complexity index is 653. The third-order valence-corrected chi connectivity index (χ3v) is 6.63. The lowest BCUT2D eigenvalue weighted by Gasteiger charge is -1.97. The molecule has 0 atom stereocenters. The molecule has 0 aliphatic rings. The van der Waals surface area contributed by atoms with Crippen LogP contribution in [-0.2, 0) is 11.3 Å². The van der Waals surface area contributed by atoms with Gasteiger partial charge in [0.15, 0.2) is 14.5 Å². The standard InChI is InChI=1S/C13H15N3O2S4/c1-3-19-12-15-16-13(22-12)20-7-10(18)11-5-4-9(21-11)6-14-8(2)17/h4-5H,3,6-7H2,1-2H3,(H,14,17). The molecule has 0 aliphatic heterocycles. The molecule has 0 spiro atoms. The third-order valence-electron chi connectivity index (χ3n) is 2.43. The highest BCUT2D eigenvalue weighted by atomic mass is 32.2. The molecule has 0 saturated heterocycles. The summed E-state index contributed by atoms with van der Waals surface area (Å²) in [6.45, 7) is 4.01. The van der Waals surface area contributed by atoms with Gasteiger partial charge in [-0.25, -0.2) is 0 Å². The summed E-state index contributed by atoms with van der Waals surface area (Å²) in [6, 6.07) is 3.68. The highest BCUT2D eigenvalue weighted by Crippen LogP contribution is 2.29. The second-order valence-corrected chi connectivity index (χ2v) is 9.03. The molecule has 9 heteroatoms. The van der Waals surface area contributed by atoms with E-state index in [-0.39, 0.29) is 11.7 Å². The van der Waals surface area contributed by atoms with Crippen LogP contribution in [-0.4, -0.2) is 33.4 Å². The quantitative estimate of drug-likeness (QED) is 0.565. The Labute approximate surface area is 145 Å². The van der Waals surface area contributed by atoms with Gasteiger partial charge in [-0.05, 0) is 17.9 Å². The van der Waals surface area contributed by atoms with E-state index in [9.17, 15) is 9.59 Å². The third kappa shape index (κ3) is 5.38. The van der Waals surface area contributed by atoms with Gasteiger partial charge in [0.1, 0.15) is 0 Å². The zero-order valence-electron chi connectivity index (χ0n) is 12.1. The van der Waals surface area contributed by atoms with Crippen molar-refractivity contribution < 1.29 is 9.59 Å². The molecular formula is C13H15N3O2S4. The summed E-state index contributed by atoms with van der Waals surface area (Å²) < 4.78 is 1.76. The van der Waals surface area contributed by atoms with Crippen molar-refractivity contribution in [3.63, 3.8) is 0 Å². The zero-order valence-corrected chi connectivity index (χ0v) is 15.4. The van der Waals surface area contributed by atoms with E-state index in [0.29, 0.717) is 17.2 Å². The lowest BCUT2D eigenvalue weighted by atomic mass is 10.3. The summed E-state index contributed by atoms with van der Waals surface area (Å²) in [4.78, 5) is 24.7. The summed E-state index contributed by atoms with van der Waals surface area (Å²) in [7, 11) is 0. The highest BCUT2D eigenvalue weighted by Gasteiger charge is 2.12. The predicted molar refractivity (Wildman–Crippen MR) is 93.2 cm³/mol. The van der Waals surface area contributed by atoms with E-state index in [1.165, 1.54) is 41.4 Å². The Hall–Kier alpha value is -0.900. The average Bonchev–Trinajstić information content (AvgIpc) is 3.12. The molecule has 5 nitrogen and oxygen atoms in total. The van der Waals surface area contributed by atoms with Crippen LogP contribution in [0.4, 0.5) is 0 Å². The second-order valence-electron chi connectivity index (χ2n) is 4.15. The van der Waals surface area contributed by atoms with Gasteiger partial charge in [0.25, 0.3) is 0 Å². The maximum atomic E-state index is 12.2. The molecule has 0 radical (unpaired) electrons. The van der Waals surface area contributed by atoms with Gasteiger partial charge in [0.05, 0.1) is 17.2 Å². The van der Waals surface area contributed by atoms with E-state index < -0.39 is 0 Å². The number of carbonyl (C=O) groups is 2. The lowest BCUT2D eigenvalue weighted by molar-refractivity contribution is -0.119. The topological polar surface area (TPSA) is 72.0 Å². The molecular weight excluding hydrogens is 358 g/mol. The molecule has 2 aromatic rings. The minimum Gasteiger partial charge on any atom is -0.351 e. The normalized spacial score (nSPS) is 10.6. The van der Waals surface area contributed by atoms with Crippen molar-refractivity contribution in [1.82, 2.24) is 15.5 Å². The molecule has 0 aromatic carbocycles. The van der Waals surface area contributed by atoms with Gasteiger partial charge in [0.2, 0.25) is 5.91 Å². The molecule has 0 unspecified atom stereocenters. The van der Waals surface area contributed by atoms with Crippen molar-refractivity contribution in [2.24, 2.45) is 0 Å². The molecule has 118 valence electrons. The first kappa shape index (κ1) is 17.5. The van der Waals surface area contributed by atoms with Gasteiger partial charge >= 0.3 is 0 Å². The van der Waals surface area contributed by atoms with E-state index in [4.69, 9.17) is 0 Å². The summed E-state index contributed by atoms with van der Waals surface area (Å²) in [5.41, 5.74) is 0. The number of thioether (sulfide) groups is 2. The van der Waals surface area contributed by atoms with Crippen molar-refractivity contribution in [3.8, 4) is 0 Å². The number of hydrogen-bond donors (Lipinski definition) is 1. The van der Waals surface area contributed by atoms with Crippen LogP contribution in [0, 0.1) is 0 Å². The van der Waals surface area contributed by atoms with Crippen LogP contribution in [0.25, 0.3) is 0 Å². The number of carbonyl (C=O) groups excluding carboxylic acids is 2. The van der Waals surface area contributed by atoms with Crippen LogP contribution in [0.15, 0.2) is 20.8 Å². The first-order chi connectivity index (χ1) is 10.6. The van der Waals surface area contributed by atoms with Crippen molar-refractivity contribution in [1.29, 1.82) is 0 Å². The maximum Gasteiger partial charge on any atom is 0.217 e. The number of nitrogens with one attached hydrogen (secondary N) is 1. The monoisotopic (exact) mass is 373 g/mol. The first-order valence-electron chi connectivity index (χ1n) is 6.54. The number of ketones is 1. The smallest absolute Gasteiger partial charge is 0.217 e. The number of amides is 1. The summed E-state index contributed by atoms with van der Waals surface area (Å²) in [6.07, 6.45) is 0. The number of thiophene rings is 1. The van der Waals surface area contributed by atoms with Crippen LogP contribution in [0.5, 0.6) is 0 Å². The number of nitrogens with zero attached hydrogens (tertiary/aromatic N) is 2. The van der Waals surface area contributed by atoms with Crippen molar-refractivity contribution in [3.05, 3.63) is 21.9 Å². The van der Waals surface area contributed by atoms with Crippen LogP contribution in [0.3, 0.4) is 0 Å². The van der Waals surface area contributed by atoms with Gasteiger partial charge < -0.3 is 5.32 Å². The predicted octanol–water partition coefficient (Wildman–Crippen LogP) is 3.32. The van der Waals surface area contributed by atoms with Crippen LogP contribution in [0.2, 0.25) is 0 Å². The minimum absolute atomic E-state index is 0.0731. The Kier molecular flexibility index (Phi) is 6.87. The summed E-state index contributed by atoms with van der Waals surface area (Å²) in [5, 5.41) is 10.9. The molecule has 22 heavy (non-hydrogen) atoms. The van der Waals surface area contributed by atoms with Gasteiger partial charge in [-0.1, -0.05) is 41.8 Å². The number of Topliss-reactive ketones (excluding diaryl/α,β-unsaturated/α-hetero) is 1. The average molecular weight is 374 g/mol. The first-order valence-corrected chi connectivity index (χ1v) is 10.1. The summed E-state index contributed by atoms with van der Waals surface area (Å²) in [5.74, 6) is 1.31. The molecule has 1 N–H and O–H groups in total. The zero-order chi connectivity index (χ0) is 15.9. The van der Waals surface area contributed by atoms with E-state index in [1.807, 2.05) is 12.1 Å². The Morgan fingerprint density at radius 1 is 1.18 bits per heavy atom. The van der Waals surface area contributed by atoms with Crippen LogP contribution >= 0.6 is 46.2 Å². The fraction of sp³-hybridized carbons (Fsp3) is 0.385. The van der Waals surface area contributed by atoms with E-state index in [2.05, 4.69) is 22.4 Å². The second kappa shape index (κ2) is 8.66. The molecule has 0 fully saturated rings. The summed E-state index contributed by atoms with van der Waals surface area (Å²) >= 11 is 6.00. The van der Waals surface area contributed by atoms with Gasteiger partial charge in [-0.2, -0.15) is 0 Å². The SMILES string of the molecule is CCSc1nnc(SCC(=O)c2ccc(CNC(C)=O)s2)s1. The van der Waals surface area contributed by atoms with Gasteiger partial charge in [-0.3, -0.25) is 9.59 Å². The van der Waals surface area contributed by atoms with Gasteiger partial charge in [0, 0.05) is 11.8 Å². The molecule has 2 aromatic heterocycles. The number of aromatic nitrogens is 2. The fourth-order valence-corrected chi connectivity index (χ4v) is 5.25. The van der Waals surface area contributed by atoms with Gasteiger partial charge in [-0.15, -0.1) is 21.5 Å². The van der Waals surface area contributed by atoms with Crippen LogP contribution < -0.4 is 5.32 Å². The molecule has 2 rings (SSSR count). The molecule has 0 bridgehead atoms. The van der Waals surface area contributed by atoms with E-state index in [1.54, 1.807) is 11.8 Å². The number of rotatable bonds is 8. The fourth-order valence-electron chi connectivity index (χ4n) is 1.47. The van der Waals surface area contributed by atoms with Crippen LogP contribution in [0.1, 0.15) is 28.4 Å². The Balaban J connectivity index is 1.85. The molecule has 2 heterocycles. The largest absolute Gasteiger partial charge is 0.351 e. The number of hydrogen-bond acceptors (Lipinski definition) is 8. The molecule has 0 aliphatic carbocycles. The highest BCUT2D eigenvalue weighted by molar-refractivity contribution is 8.03.